The molecule has 1 saturated heterocycles. The van der Waals surface area contributed by atoms with Crippen molar-refractivity contribution in [1.29, 1.82) is 0 Å². The fraction of sp³-hybridized carbons (Fsp3) is 0.909. The second-order valence-electron chi connectivity index (χ2n) is 4.79. The zero-order chi connectivity index (χ0) is 13.2. The first-order valence-corrected chi connectivity index (χ1v) is 7.07. The summed E-state index contributed by atoms with van der Waals surface area (Å²) in [6, 6.07) is 0.277. The molecule has 18 heavy (non-hydrogen) atoms. The summed E-state index contributed by atoms with van der Waals surface area (Å²) in [7, 11) is 0. The lowest BCUT2D eigenvalue weighted by molar-refractivity contribution is -0.119. The van der Waals surface area contributed by atoms with Gasteiger partial charge in [0.25, 0.3) is 0 Å². The van der Waals surface area contributed by atoms with Crippen LogP contribution in [-0.4, -0.2) is 35.9 Å². The van der Waals surface area contributed by atoms with Crippen molar-refractivity contribution in [3.05, 3.63) is 0 Å². The lowest BCUT2D eigenvalue weighted by Crippen LogP contribution is -2.46. The van der Waals surface area contributed by atoms with Crippen LogP contribution >= 0.6 is 11.8 Å². The van der Waals surface area contributed by atoms with E-state index < -0.39 is 18.9 Å². The van der Waals surface area contributed by atoms with Crippen LogP contribution in [0.3, 0.4) is 0 Å². The van der Waals surface area contributed by atoms with Crippen LogP contribution in [0.1, 0.15) is 25.7 Å². The van der Waals surface area contributed by atoms with Crippen LogP contribution in [0, 0.1) is 5.92 Å². The Morgan fingerprint density at radius 2 is 2.06 bits per heavy atom. The van der Waals surface area contributed by atoms with E-state index in [9.17, 15) is 17.6 Å². The normalized spacial score (nSPS) is 31.3. The molecule has 0 aromatic rings. The van der Waals surface area contributed by atoms with Gasteiger partial charge in [0, 0.05) is 11.8 Å². The van der Waals surface area contributed by atoms with E-state index in [1.54, 1.807) is 0 Å². The molecule has 2 nitrogen and oxygen atoms in total. The lowest BCUT2D eigenvalue weighted by atomic mass is 9.86. The highest BCUT2D eigenvalue weighted by Crippen LogP contribution is 2.32. The van der Waals surface area contributed by atoms with Gasteiger partial charge in [-0.15, -0.1) is 0 Å². The maximum atomic E-state index is 12.7. The lowest BCUT2D eigenvalue weighted by Gasteiger charge is -2.37. The molecule has 0 radical (unpaired) electrons. The molecular weight excluding hydrogens is 268 g/mol. The number of thioether (sulfide) groups is 1. The molecule has 0 amide bonds. The summed E-state index contributed by atoms with van der Waals surface area (Å²) in [6.07, 6.45) is 0.831. The Morgan fingerprint density at radius 1 is 1.33 bits per heavy atom. The molecule has 1 aliphatic heterocycles. The summed E-state index contributed by atoms with van der Waals surface area (Å²) in [5.41, 5.74) is 0. The van der Waals surface area contributed by atoms with E-state index in [2.05, 4.69) is 10.3 Å². The zero-order valence-electron chi connectivity index (χ0n) is 9.84. The Balaban J connectivity index is 1.90. The Labute approximate surface area is 108 Å². The third-order valence-corrected chi connectivity index (χ3v) is 4.52. The summed E-state index contributed by atoms with van der Waals surface area (Å²) in [5, 5.41) is 3.49. The van der Waals surface area contributed by atoms with Crippen LogP contribution in [0.15, 0.2) is 4.99 Å². The van der Waals surface area contributed by atoms with Crippen molar-refractivity contribution in [3.8, 4) is 0 Å². The molecule has 1 N–H and O–H groups in total. The monoisotopic (exact) mass is 284 g/mol. The van der Waals surface area contributed by atoms with Gasteiger partial charge in [0.2, 0.25) is 0 Å². The summed E-state index contributed by atoms with van der Waals surface area (Å²) < 4.78 is 49.5. The predicted octanol–water partition coefficient (Wildman–Crippen LogP) is 3.14. The number of nitrogens with one attached hydrogen (secondary N) is 1. The van der Waals surface area contributed by atoms with Crippen LogP contribution in [-0.2, 0) is 0 Å². The van der Waals surface area contributed by atoms with E-state index in [-0.39, 0.29) is 6.04 Å². The van der Waals surface area contributed by atoms with E-state index in [4.69, 9.17) is 0 Å². The highest BCUT2D eigenvalue weighted by Gasteiger charge is 2.41. The number of halogens is 4. The third kappa shape index (κ3) is 3.30. The molecular formula is C11H16F4N2S. The van der Waals surface area contributed by atoms with Crippen molar-refractivity contribution in [3.63, 3.8) is 0 Å². The largest absolute Gasteiger partial charge is 0.362 e. The van der Waals surface area contributed by atoms with Gasteiger partial charge >= 0.3 is 12.3 Å². The fourth-order valence-corrected chi connectivity index (χ4v) is 3.48. The summed E-state index contributed by atoms with van der Waals surface area (Å²) in [5.74, 6) is -2.63. The minimum atomic E-state index is -4.03. The smallest absolute Gasteiger partial charge is 0.326 e. The second-order valence-corrected chi connectivity index (χ2v) is 5.80. The molecule has 0 aromatic carbocycles. The van der Waals surface area contributed by atoms with Crippen molar-refractivity contribution in [2.75, 3.05) is 12.3 Å². The van der Waals surface area contributed by atoms with Gasteiger partial charge < -0.3 is 5.32 Å². The number of aliphatic imine (C=N–C) groups is 1. The highest BCUT2D eigenvalue weighted by atomic mass is 32.2. The van der Waals surface area contributed by atoms with Crippen molar-refractivity contribution < 1.29 is 17.6 Å². The van der Waals surface area contributed by atoms with Crippen LogP contribution in [0.5, 0.6) is 0 Å². The maximum Gasteiger partial charge on any atom is 0.326 e. The SMILES string of the molecule is FC(F)C(F)(F)CN=C1NC2CCCCC2CS1. The molecule has 7 heteroatoms. The molecule has 0 aromatic heterocycles. The molecule has 2 rings (SSSR count). The molecule has 0 bridgehead atoms. The molecule has 1 aliphatic carbocycles. The van der Waals surface area contributed by atoms with E-state index in [0.717, 1.165) is 25.0 Å². The number of hydrogen-bond donors (Lipinski definition) is 1. The fourth-order valence-electron chi connectivity index (χ4n) is 2.32. The molecule has 104 valence electrons. The van der Waals surface area contributed by atoms with Gasteiger partial charge in [-0.25, -0.2) is 8.78 Å². The zero-order valence-corrected chi connectivity index (χ0v) is 10.7. The van der Waals surface area contributed by atoms with Gasteiger partial charge in [-0.3, -0.25) is 4.99 Å². The van der Waals surface area contributed by atoms with Crippen LogP contribution in [0.4, 0.5) is 17.6 Å². The van der Waals surface area contributed by atoms with Gasteiger partial charge in [0.1, 0.15) is 6.54 Å². The van der Waals surface area contributed by atoms with Gasteiger partial charge in [-0.05, 0) is 18.8 Å². The van der Waals surface area contributed by atoms with Crippen LogP contribution < -0.4 is 5.32 Å². The van der Waals surface area contributed by atoms with Gasteiger partial charge in [-0.2, -0.15) is 8.78 Å². The quantitative estimate of drug-likeness (QED) is 0.805. The van der Waals surface area contributed by atoms with Crippen molar-refractivity contribution in [2.24, 2.45) is 10.9 Å². The molecule has 2 unspecified atom stereocenters. The minimum Gasteiger partial charge on any atom is -0.362 e. The Bertz CT molecular complexity index is 322. The van der Waals surface area contributed by atoms with Gasteiger partial charge in [-0.1, -0.05) is 24.6 Å². The van der Waals surface area contributed by atoms with E-state index >= 15 is 0 Å². The molecule has 2 atom stereocenters. The number of hydrogen-bond acceptors (Lipinski definition) is 2. The molecule has 2 fully saturated rings. The van der Waals surface area contributed by atoms with Crippen molar-refractivity contribution in [2.45, 2.75) is 44.1 Å². The summed E-state index contributed by atoms with van der Waals surface area (Å²) in [4.78, 5) is 3.61. The van der Waals surface area contributed by atoms with E-state index in [0.29, 0.717) is 11.1 Å². The first-order valence-electron chi connectivity index (χ1n) is 6.09. The number of nitrogens with zero attached hydrogens (tertiary/aromatic N) is 1. The molecule has 1 heterocycles. The number of fused-ring (bicyclic) bond motifs is 1. The number of alkyl halides is 4. The predicted molar refractivity (Wildman–Crippen MR) is 64.6 cm³/mol. The van der Waals surface area contributed by atoms with Crippen LogP contribution in [0.25, 0.3) is 0 Å². The minimum absolute atomic E-state index is 0.277. The van der Waals surface area contributed by atoms with Gasteiger partial charge in [0.15, 0.2) is 5.17 Å². The first kappa shape index (κ1) is 14.0. The van der Waals surface area contributed by atoms with Crippen LogP contribution in [0.2, 0.25) is 0 Å². The Morgan fingerprint density at radius 3 is 2.78 bits per heavy atom. The Kier molecular flexibility index (Phi) is 4.40. The summed E-state index contributed by atoms with van der Waals surface area (Å²) >= 11 is 1.36. The number of rotatable bonds is 3. The summed E-state index contributed by atoms with van der Waals surface area (Å²) in [6.45, 7) is -1.14. The topological polar surface area (TPSA) is 24.4 Å². The highest BCUT2D eigenvalue weighted by molar-refractivity contribution is 8.13. The second kappa shape index (κ2) is 5.67. The average Bonchev–Trinajstić information content (AvgIpc) is 2.36. The molecule has 2 aliphatic rings. The van der Waals surface area contributed by atoms with E-state index in [1.807, 2.05) is 0 Å². The van der Waals surface area contributed by atoms with E-state index in [1.165, 1.54) is 18.2 Å². The third-order valence-electron chi connectivity index (χ3n) is 3.40. The van der Waals surface area contributed by atoms with Crippen molar-refractivity contribution in [1.82, 2.24) is 5.32 Å². The standard InChI is InChI=1S/C11H16F4N2S/c12-9(13)11(14,15)6-16-10-17-8-4-2-1-3-7(8)5-18-10/h7-9H,1-6H2,(H,16,17). The van der Waals surface area contributed by atoms with Crippen molar-refractivity contribution >= 4 is 16.9 Å². The molecule has 1 saturated carbocycles. The van der Waals surface area contributed by atoms with Gasteiger partial charge in [0.05, 0.1) is 0 Å². The number of amidine groups is 1. The first-order chi connectivity index (χ1) is 8.49. The average molecular weight is 284 g/mol. The maximum absolute atomic E-state index is 12.7. The Hall–Kier alpha value is -0.460. The molecule has 0 spiro atoms.